The Labute approximate surface area is 124 Å². The van der Waals surface area contributed by atoms with E-state index in [0.717, 1.165) is 41.7 Å². The first-order valence-electron chi connectivity index (χ1n) is 6.62. The van der Waals surface area contributed by atoms with Crippen LogP contribution in [0.2, 0.25) is 0 Å². The zero-order chi connectivity index (χ0) is 13.4. The van der Waals surface area contributed by atoms with Crippen molar-refractivity contribution in [3.05, 3.63) is 29.5 Å². The number of carbonyl (C=O) groups is 1. The molecule has 1 aromatic heterocycles. The summed E-state index contributed by atoms with van der Waals surface area (Å²) in [6.45, 7) is 6.54. The quantitative estimate of drug-likeness (QED) is 0.842. The highest BCUT2D eigenvalue weighted by atomic mass is 35.5. The third kappa shape index (κ3) is 2.51. The van der Waals surface area contributed by atoms with Gasteiger partial charge in [-0.3, -0.25) is 9.89 Å². The Balaban J connectivity index is 0.00000147. The zero-order valence-corrected chi connectivity index (χ0v) is 12.5. The average molecular weight is 295 g/mol. The topological polar surface area (TPSA) is 61.0 Å². The number of nitrogens with one attached hydrogen (secondary N) is 2. The number of H-pyrrole nitrogens is 1. The highest BCUT2D eigenvalue weighted by Crippen LogP contribution is 2.21. The molecule has 1 aliphatic rings. The number of hydrogen-bond acceptors (Lipinski definition) is 3. The lowest BCUT2D eigenvalue weighted by molar-refractivity contribution is 0.0657. The van der Waals surface area contributed by atoms with Crippen molar-refractivity contribution in [1.82, 2.24) is 20.4 Å². The first-order chi connectivity index (χ1) is 9.16. The number of halogens is 1. The van der Waals surface area contributed by atoms with Gasteiger partial charge in [-0.25, -0.2) is 0 Å². The van der Waals surface area contributed by atoms with Crippen LogP contribution in [-0.4, -0.2) is 46.7 Å². The van der Waals surface area contributed by atoms with Crippen molar-refractivity contribution in [1.29, 1.82) is 0 Å². The molecule has 1 aliphatic heterocycles. The molecule has 0 aliphatic carbocycles. The molecule has 1 fully saturated rings. The molecule has 1 saturated heterocycles. The fraction of sp³-hybridized carbons (Fsp3) is 0.429. The number of fused-ring (bicyclic) bond motifs is 1. The van der Waals surface area contributed by atoms with E-state index in [0.29, 0.717) is 0 Å². The molecule has 5 nitrogen and oxygen atoms in total. The summed E-state index contributed by atoms with van der Waals surface area (Å²) in [5.41, 5.74) is 2.64. The molecule has 0 bridgehead atoms. The van der Waals surface area contributed by atoms with Crippen LogP contribution in [0.3, 0.4) is 0 Å². The van der Waals surface area contributed by atoms with Gasteiger partial charge in [0.25, 0.3) is 5.91 Å². The number of nitrogens with zero attached hydrogens (tertiary/aromatic N) is 2. The third-order valence-corrected chi connectivity index (χ3v) is 3.69. The molecule has 0 radical (unpaired) electrons. The van der Waals surface area contributed by atoms with Gasteiger partial charge in [0, 0.05) is 31.1 Å². The molecule has 2 N–H and O–H groups in total. The summed E-state index contributed by atoms with van der Waals surface area (Å²) >= 11 is 0. The summed E-state index contributed by atoms with van der Waals surface area (Å²) in [6.07, 6.45) is 1.76. The van der Waals surface area contributed by atoms with E-state index in [1.165, 1.54) is 0 Å². The number of hydrogen-bond donors (Lipinski definition) is 2. The Morgan fingerprint density at radius 3 is 3.00 bits per heavy atom. The average Bonchev–Trinajstić information content (AvgIpc) is 2.85. The molecular formula is C14H19ClN4O. The predicted octanol–water partition coefficient (Wildman–Crippen LogP) is 1.73. The lowest BCUT2D eigenvalue weighted by Crippen LogP contribution is -2.52. The lowest BCUT2D eigenvalue weighted by atomic mass is 10.1. The van der Waals surface area contributed by atoms with Gasteiger partial charge in [0.1, 0.15) is 0 Å². The Hall–Kier alpha value is -1.59. The molecule has 108 valence electrons. The van der Waals surface area contributed by atoms with E-state index < -0.39 is 0 Å². The second-order valence-corrected chi connectivity index (χ2v) is 5.20. The second kappa shape index (κ2) is 5.81. The van der Waals surface area contributed by atoms with Crippen molar-refractivity contribution in [2.24, 2.45) is 0 Å². The van der Waals surface area contributed by atoms with Gasteiger partial charge in [0.2, 0.25) is 0 Å². The van der Waals surface area contributed by atoms with E-state index in [4.69, 9.17) is 0 Å². The Morgan fingerprint density at radius 2 is 2.25 bits per heavy atom. The molecule has 0 unspecified atom stereocenters. The molecule has 0 spiro atoms. The number of benzene rings is 1. The van der Waals surface area contributed by atoms with E-state index >= 15 is 0 Å². The van der Waals surface area contributed by atoms with Gasteiger partial charge in [-0.2, -0.15) is 5.10 Å². The van der Waals surface area contributed by atoms with Gasteiger partial charge in [-0.05, 0) is 31.5 Å². The summed E-state index contributed by atoms with van der Waals surface area (Å²) in [4.78, 5) is 14.7. The number of aromatic nitrogens is 2. The van der Waals surface area contributed by atoms with E-state index in [9.17, 15) is 4.79 Å². The number of aromatic amines is 1. The van der Waals surface area contributed by atoms with Crippen molar-refractivity contribution < 1.29 is 4.79 Å². The van der Waals surface area contributed by atoms with E-state index in [1.807, 2.05) is 24.0 Å². The molecule has 6 heteroatoms. The Bertz CT molecular complexity index is 625. The first kappa shape index (κ1) is 14.8. The van der Waals surface area contributed by atoms with Crippen molar-refractivity contribution >= 4 is 29.2 Å². The summed E-state index contributed by atoms with van der Waals surface area (Å²) in [7, 11) is 0. The standard InChI is InChI=1S/C14H18N4O.ClH/c1-9-5-11-8-16-17-13(11)12(6-9)14(19)18-4-3-15-7-10(18)2;/h5-6,8,10,15H,3-4,7H2,1-2H3,(H,16,17);1H/t10-;/m0./s1. The minimum atomic E-state index is 0. The summed E-state index contributed by atoms with van der Waals surface area (Å²) in [5, 5.41) is 11.3. The Kier molecular flexibility index (Phi) is 4.30. The molecular weight excluding hydrogens is 276 g/mol. The van der Waals surface area contributed by atoms with Crippen LogP contribution in [0.4, 0.5) is 0 Å². The van der Waals surface area contributed by atoms with E-state index in [2.05, 4.69) is 22.4 Å². The van der Waals surface area contributed by atoms with Crippen LogP contribution in [0.25, 0.3) is 10.9 Å². The summed E-state index contributed by atoms with van der Waals surface area (Å²) < 4.78 is 0. The Morgan fingerprint density at radius 1 is 1.45 bits per heavy atom. The maximum Gasteiger partial charge on any atom is 0.256 e. The molecule has 0 saturated carbocycles. The number of rotatable bonds is 1. The first-order valence-corrected chi connectivity index (χ1v) is 6.62. The highest BCUT2D eigenvalue weighted by Gasteiger charge is 2.25. The fourth-order valence-corrected chi connectivity index (χ4v) is 2.67. The SMILES string of the molecule is Cc1cc(C(=O)N2CCNC[C@@H]2C)c2[nH]ncc2c1.Cl. The zero-order valence-electron chi connectivity index (χ0n) is 11.6. The van der Waals surface area contributed by atoms with Crippen molar-refractivity contribution in [2.45, 2.75) is 19.9 Å². The van der Waals surface area contributed by atoms with E-state index in [-0.39, 0.29) is 24.4 Å². The van der Waals surface area contributed by atoms with Gasteiger partial charge < -0.3 is 10.2 Å². The smallest absolute Gasteiger partial charge is 0.256 e. The van der Waals surface area contributed by atoms with Crippen LogP contribution < -0.4 is 5.32 Å². The maximum atomic E-state index is 12.7. The number of amides is 1. The molecule has 1 atom stereocenters. The third-order valence-electron chi connectivity index (χ3n) is 3.69. The maximum absolute atomic E-state index is 12.7. The molecule has 1 aromatic carbocycles. The largest absolute Gasteiger partial charge is 0.333 e. The second-order valence-electron chi connectivity index (χ2n) is 5.20. The van der Waals surface area contributed by atoms with Gasteiger partial charge in [0.15, 0.2) is 0 Å². The van der Waals surface area contributed by atoms with Crippen LogP contribution in [-0.2, 0) is 0 Å². The molecule has 1 amide bonds. The minimum absolute atomic E-state index is 0. The monoisotopic (exact) mass is 294 g/mol. The van der Waals surface area contributed by atoms with Crippen LogP contribution in [0.15, 0.2) is 18.3 Å². The summed E-state index contributed by atoms with van der Waals surface area (Å²) in [5.74, 6) is 0.0898. The highest BCUT2D eigenvalue weighted by molar-refractivity contribution is 6.05. The van der Waals surface area contributed by atoms with Crippen LogP contribution in [0.1, 0.15) is 22.8 Å². The molecule has 3 rings (SSSR count). The molecule has 20 heavy (non-hydrogen) atoms. The van der Waals surface area contributed by atoms with Crippen LogP contribution >= 0.6 is 12.4 Å². The van der Waals surface area contributed by atoms with Gasteiger partial charge >= 0.3 is 0 Å². The van der Waals surface area contributed by atoms with Gasteiger partial charge in [-0.1, -0.05) is 0 Å². The van der Waals surface area contributed by atoms with Crippen molar-refractivity contribution in [2.75, 3.05) is 19.6 Å². The van der Waals surface area contributed by atoms with Crippen LogP contribution in [0, 0.1) is 6.92 Å². The van der Waals surface area contributed by atoms with Gasteiger partial charge in [0.05, 0.1) is 17.3 Å². The fourth-order valence-electron chi connectivity index (χ4n) is 2.67. The summed E-state index contributed by atoms with van der Waals surface area (Å²) in [6, 6.07) is 4.20. The number of piperazine rings is 1. The molecule has 2 aromatic rings. The normalized spacial score (nSPS) is 18.9. The minimum Gasteiger partial charge on any atom is -0.333 e. The van der Waals surface area contributed by atoms with Crippen molar-refractivity contribution in [3.63, 3.8) is 0 Å². The number of carbonyl (C=O) groups excluding carboxylic acids is 1. The van der Waals surface area contributed by atoms with Gasteiger partial charge in [-0.15, -0.1) is 12.4 Å². The predicted molar refractivity (Wildman–Crippen MR) is 81.4 cm³/mol. The van der Waals surface area contributed by atoms with Crippen LogP contribution in [0.5, 0.6) is 0 Å². The molecule has 2 heterocycles. The lowest BCUT2D eigenvalue weighted by Gasteiger charge is -2.34. The van der Waals surface area contributed by atoms with Crippen molar-refractivity contribution in [3.8, 4) is 0 Å². The number of aryl methyl sites for hydroxylation is 1. The van der Waals surface area contributed by atoms with E-state index in [1.54, 1.807) is 6.20 Å².